The number of β-amino-alcohol motifs (C(OH)–C–C–N with tert-alkyl or cyclic N) is 1. The number of piperidine rings is 1. The predicted octanol–water partition coefficient (Wildman–Crippen LogP) is 1.28. The second-order valence-corrected chi connectivity index (χ2v) is 6.14. The summed E-state index contributed by atoms with van der Waals surface area (Å²) in [5.74, 6) is 0.932. The number of hydrogen-bond acceptors (Lipinski definition) is 5. The number of aliphatic hydroxyl groups excluding tert-OH is 1. The Labute approximate surface area is 127 Å². The van der Waals surface area contributed by atoms with E-state index in [-0.39, 0.29) is 11.9 Å². The Balaban J connectivity index is 1.69. The predicted molar refractivity (Wildman–Crippen MR) is 83.2 cm³/mol. The molecule has 0 aromatic carbocycles. The van der Waals surface area contributed by atoms with Crippen LogP contribution in [0.4, 0.5) is 0 Å². The smallest absolute Gasteiger partial charge is 0.138 e. The minimum Gasteiger partial charge on any atom is -0.506 e. The number of nitrogens with one attached hydrogen (secondary N) is 1. The van der Waals surface area contributed by atoms with Crippen molar-refractivity contribution in [3.05, 3.63) is 23.5 Å². The molecule has 1 aromatic rings. The molecule has 1 aromatic heterocycles. The van der Waals surface area contributed by atoms with Crippen LogP contribution < -0.4 is 5.32 Å². The van der Waals surface area contributed by atoms with Crippen LogP contribution in [0.25, 0.3) is 0 Å². The van der Waals surface area contributed by atoms with Crippen molar-refractivity contribution in [2.45, 2.75) is 39.3 Å². The summed E-state index contributed by atoms with van der Waals surface area (Å²) in [6.45, 7) is 8.24. The number of hydrogen-bond donors (Lipinski definition) is 3. The lowest BCUT2D eigenvalue weighted by Gasteiger charge is -2.32. The number of aliphatic hydroxyl groups is 1. The van der Waals surface area contributed by atoms with Gasteiger partial charge in [0, 0.05) is 18.8 Å². The highest BCUT2D eigenvalue weighted by Gasteiger charge is 2.19. The van der Waals surface area contributed by atoms with E-state index in [1.165, 1.54) is 0 Å². The minimum atomic E-state index is -0.241. The third-order valence-corrected chi connectivity index (χ3v) is 4.04. The number of pyridine rings is 1. The molecule has 2 rings (SSSR count). The topological polar surface area (TPSA) is 68.6 Å². The van der Waals surface area contributed by atoms with Gasteiger partial charge < -0.3 is 20.4 Å². The van der Waals surface area contributed by atoms with Crippen LogP contribution in [-0.2, 0) is 6.54 Å². The second-order valence-electron chi connectivity index (χ2n) is 6.14. The summed E-state index contributed by atoms with van der Waals surface area (Å²) in [7, 11) is 0. The normalized spacial score (nSPS) is 18.8. The van der Waals surface area contributed by atoms with Crippen LogP contribution >= 0.6 is 0 Å². The van der Waals surface area contributed by atoms with Gasteiger partial charge in [0.1, 0.15) is 5.75 Å². The van der Waals surface area contributed by atoms with Crippen LogP contribution in [-0.4, -0.2) is 52.4 Å². The molecule has 5 nitrogen and oxygen atoms in total. The van der Waals surface area contributed by atoms with Crippen molar-refractivity contribution in [2.24, 2.45) is 5.92 Å². The van der Waals surface area contributed by atoms with E-state index < -0.39 is 0 Å². The van der Waals surface area contributed by atoms with Crippen LogP contribution in [0.3, 0.4) is 0 Å². The molecule has 21 heavy (non-hydrogen) atoms. The van der Waals surface area contributed by atoms with E-state index in [1.54, 1.807) is 6.07 Å². The maximum Gasteiger partial charge on any atom is 0.138 e. The lowest BCUT2D eigenvalue weighted by Crippen LogP contribution is -2.40. The fraction of sp³-hybridized carbons (Fsp3) is 0.688. The maximum atomic E-state index is 9.76. The number of aromatic hydroxyl groups is 1. The number of aromatic nitrogens is 1. The molecule has 1 fully saturated rings. The minimum absolute atomic E-state index is 0.241. The van der Waals surface area contributed by atoms with Gasteiger partial charge in [-0.15, -0.1) is 0 Å². The summed E-state index contributed by atoms with van der Waals surface area (Å²) >= 11 is 0. The molecule has 0 saturated carbocycles. The summed E-state index contributed by atoms with van der Waals surface area (Å²) in [5.41, 5.74) is 1.65. The van der Waals surface area contributed by atoms with Gasteiger partial charge in [-0.3, -0.25) is 4.98 Å². The molecule has 0 aliphatic carbocycles. The molecule has 1 aliphatic heterocycles. The molecule has 1 saturated heterocycles. The van der Waals surface area contributed by atoms with Gasteiger partial charge >= 0.3 is 0 Å². The SMILES string of the molecule is Cc1ccc(O)c(CNCC2CCN(CC(C)O)CC2)n1. The molecule has 0 spiro atoms. The van der Waals surface area contributed by atoms with Crippen molar-refractivity contribution in [1.82, 2.24) is 15.2 Å². The van der Waals surface area contributed by atoms with Crippen LogP contribution in [0.1, 0.15) is 31.2 Å². The highest BCUT2D eigenvalue weighted by molar-refractivity contribution is 5.27. The zero-order valence-electron chi connectivity index (χ0n) is 13.0. The molecule has 1 aliphatic rings. The zero-order chi connectivity index (χ0) is 15.2. The van der Waals surface area contributed by atoms with Gasteiger partial charge in [-0.25, -0.2) is 0 Å². The summed E-state index contributed by atoms with van der Waals surface area (Å²) in [4.78, 5) is 6.68. The third-order valence-electron chi connectivity index (χ3n) is 4.04. The van der Waals surface area contributed by atoms with E-state index in [0.29, 0.717) is 12.5 Å². The summed E-state index contributed by atoms with van der Waals surface area (Å²) < 4.78 is 0. The number of nitrogens with zero attached hydrogens (tertiary/aromatic N) is 2. The number of rotatable bonds is 6. The first-order valence-corrected chi connectivity index (χ1v) is 7.81. The monoisotopic (exact) mass is 293 g/mol. The highest BCUT2D eigenvalue weighted by Crippen LogP contribution is 2.18. The Morgan fingerprint density at radius 2 is 2.10 bits per heavy atom. The van der Waals surface area contributed by atoms with Crippen molar-refractivity contribution in [3.63, 3.8) is 0 Å². The van der Waals surface area contributed by atoms with E-state index in [1.807, 2.05) is 19.9 Å². The van der Waals surface area contributed by atoms with E-state index in [4.69, 9.17) is 0 Å². The number of likely N-dealkylation sites (tertiary alicyclic amines) is 1. The van der Waals surface area contributed by atoms with Crippen molar-refractivity contribution in [3.8, 4) is 5.75 Å². The number of aryl methyl sites for hydroxylation is 1. The average Bonchev–Trinajstić information content (AvgIpc) is 2.44. The molecule has 1 atom stereocenters. The molecule has 118 valence electrons. The Kier molecular flexibility index (Phi) is 5.96. The van der Waals surface area contributed by atoms with Crippen LogP contribution in [0.15, 0.2) is 12.1 Å². The highest BCUT2D eigenvalue weighted by atomic mass is 16.3. The van der Waals surface area contributed by atoms with E-state index in [9.17, 15) is 10.2 Å². The van der Waals surface area contributed by atoms with Crippen molar-refractivity contribution in [2.75, 3.05) is 26.2 Å². The van der Waals surface area contributed by atoms with Gasteiger partial charge in [0.2, 0.25) is 0 Å². The quantitative estimate of drug-likeness (QED) is 0.737. The molecular weight excluding hydrogens is 266 g/mol. The second kappa shape index (κ2) is 7.73. The van der Waals surface area contributed by atoms with Gasteiger partial charge in [-0.1, -0.05) is 0 Å². The molecule has 2 heterocycles. The van der Waals surface area contributed by atoms with Gasteiger partial charge in [0.05, 0.1) is 11.8 Å². The van der Waals surface area contributed by atoms with Gasteiger partial charge in [0.25, 0.3) is 0 Å². The summed E-state index contributed by atoms with van der Waals surface area (Å²) in [6, 6.07) is 3.52. The Morgan fingerprint density at radius 1 is 1.38 bits per heavy atom. The first-order valence-electron chi connectivity index (χ1n) is 7.81. The fourth-order valence-corrected chi connectivity index (χ4v) is 2.87. The van der Waals surface area contributed by atoms with Crippen molar-refractivity contribution in [1.29, 1.82) is 0 Å². The zero-order valence-corrected chi connectivity index (χ0v) is 13.0. The third kappa shape index (κ3) is 5.26. The fourth-order valence-electron chi connectivity index (χ4n) is 2.87. The first-order chi connectivity index (χ1) is 10.0. The standard InChI is InChI=1S/C16H27N3O2/c1-12-3-4-16(21)15(18-12)10-17-9-14-5-7-19(8-6-14)11-13(2)20/h3-4,13-14,17,20-21H,5-11H2,1-2H3. The molecule has 0 bridgehead atoms. The average molecular weight is 293 g/mol. The van der Waals surface area contributed by atoms with Crippen LogP contribution in [0.2, 0.25) is 0 Å². The molecule has 1 unspecified atom stereocenters. The lowest BCUT2D eigenvalue weighted by atomic mass is 9.96. The van der Waals surface area contributed by atoms with E-state index >= 15 is 0 Å². The van der Waals surface area contributed by atoms with E-state index in [0.717, 1.165) is 50.4 Å². The first kappa shape index (κ1) is 16.2. The Bertz CT molecular complexity index is 443. The summed E-state index contributed by atoms with van der Waals surface area (Å²) in [5, 5.41) is 22.6. The largest absolute Gasteiger partial charge is 0.506 e. The van der Waals surface area contributed by atoms with E-state index in [2.05, 4.69) is 15.2 Å². The van der Waals surface area contributed by atoms with Crippen molar-refractivity contribution < 1.29 is 10.2 Å². The van der Waals surface area contributed by atoms with Gasteiger partial charge in [-0.05, 0) is 64.4 Å². The molecule has 5 heteroatoms. The Hall–Kier alpha value is -1.17. The molecule has 0 amide bonds. The van der Waals surface area contributed by atoms with Crippen LogP contribution in [0.5, 0.6) is 5.75 Å². The molecular formula is C16H27N3O2. The molecule has 3 N–H and O–H groups in total. The molecule has 0 radical (unpaired) electrons. The van der Waals surface area contributed by atoms with Crippen molar-refractivity contribution >= 4 is 0 Å². The lowest BCUT2D eigenvalue weighted by molar-refractivity contribution is 0.0998. The van der Waals surface area contributed by atoms with Gasteiger partial charge in [0.15, 0.2) is 0 Å². The van der Waals surface area contributed by atoms with Crippen LogP contribution in [0, 0.1) is 12.8 Å². The Morgan fingerprint density at radius 3 is 2.76 bits per heavy atom. The summed E-state index contributed by atoms with van der Waals surface area (Å²) in [6.07, 6.45) is 2.08. The maximum absolute atomic E-state index is 9.76. The van der Waals surface area contributed by atoms with Gasteiger partial charge in [-0.2, -0.15) is 0 Å².